The molecule has 0 saturated carbocycles. The lowest BCUT2D eigenvalue weighted by molar-refractivity contribution is -0.146. The van der Waals surface area contributed by atoms with Crippen molar-refractivity contribution in [3.8, 4) is 0 Å². The van der Waals surface area contributed by atoms with E-state index in [0.717, 1.165) is 15.3 Å². The lowest BCUT2D eigenvalue weighted by Gasteiger charge is -2.43. The number of carboxylic acid groups (broad SMARTS) is 2. The first-order valence-corrected chi connectivity index (χ1v) is 17.1. The molecule has 1 aromatic heterocycles. The van der Waals surface area contributed by atoms with Crippen LogP contribution < -0.4 is 10.4 Å². The van der Waals surface area contributed by atoms with Gasteiger partial charge in [-0.15, -0.1) is 0 Å². The Morgan fingerprint density at radius 1 is 1.00 bits per heavy atom. The minimum absolute atomic E-state index is 0.00570. The largest absolute Gasteiger partial charge is 0.465 e. The number of ketones is 1. The van der Waals surface area contributed by atoms with Gasteiger partial charge >= 0.3 is 18.2 Å². The summed E-state index contributed by atoms with van der Waals surface area (Å²) in [5, 5.41) is 25.6. The zero-order valence-corrected chi connectivity index (χ0v) is 27.9. The lowest BCUT2D eigenvalue weighted by atomic mass is 9.90. The highest BCUT2D eigenvalue weighted by Crippen LogP contribution is 2.37. The zero-order chi connectivity index (χ0) is 33.8. The summed E-state index contributed by atoms with van der Waals surface area (Å²) in [6.07, 6.45) is -2.79. The summed E-state index contributed by atoms with van der Waals surface area (Å²) in [6, 6.07) is 19.5. The topological polar surface area (TPSA) is 148 Å². The van der Waals surface area contributed by atoms with Crippen LogP contribution in [0.2, 0.25) is 5.04 Å². The molecule has 3 aromatic rings. The summed E-state index contributed by atoms with van der Waals surface area (Å²) in [5.41, 5.74) is 0.554. The number of carbonyl (C=O) groups excluding carboxylic acids is 2. The first-order valence-electron chi connectivity index (χ1n) is 15.2. The van der Waals surface area contributed by atoms with E-state index >= 15 is 0 Å². The highest BCUT2D eigenvalue weighted by Gasteiger charge is 2.50. The smallest absolute Gasteiger partial charge is 0.432 e. The van der Waals surface area contributed by atoms with E-state index in [1.165, 1.54) is 0 Å². The third-order valence-electron chi connectivity index (χ3n) is 8.37. The molecule has 2 heterocycles. The van der Waals surface area contributed by atoms with Gasteiger partial charge in [0, 0.05) is 18.0 Å². The van der Waals surface area contributed by atoms with E-state index in [-0.39, 0.29) is 48.9 Å². The molecule has 0 spiro atoms. The summed E-state index contributed by atoms with van der Waals surface area (Å²) >= 11 is 0. The molecule has 2 aromatic carbocycles. The normalized spacial score (nSPS) is 15.5. The van der Waals surface area contributed by atoms with Gasteiger partial charge in [0.2, 0.25) is 0 Å². The lowest BCUT2D eigenvalue weighted by Crippen LogP contribution is -2.66. The number of hydrogen-bond donors (Lipinski definition) is 2. The van der Waals surface area contributed by atoms with Gasteiger partial charge in [0.05, 0.1) is 25.5 Å². The quantitative estimate of drug-likeness (QED) is 0.0992. The summed E-state index contributed by atoms with van der Waals surface area (Å²) in [6.45, 7) is 13.6. The SMILES string of the molecule is C=C(CO[Si](c1ccccc1)(c1ccccc1)C(C)(C)C)CC(C(=O)OCC)C(=O)c1c2c(nn1C(=O)O)C[C@@H](C)N(C(=O)O)C2. The number of esters is 1. The molecule has 11 nitrogen and oxygen atoms in total. The van der Waals surface area contributed by atoms with Gasteiger partial charge in [-0.05, 0) is 35.7 Å². The summed E-state index contributed by atoms with van der Waals surface area (Å²) in [4.78, 5) is 52.7. The number of ether oxygens (including phenoxy) is 1. The molecule has 4 rings (SSSR count). The van der Waals surface area contributed by atoms with Crippen LogP contribution in [0.5, 0.6) is 0 Å². The summed E-state index contributed by atoms with van der Waals surface area (Å²) < 4.78 is 12.7. The van der Waals surface area contributed by atoms with Crippen LogP contribution in [0.1, 0.15) is 62.8 Å². The van der Waals surface area contributed by atoms with Crippen LogP contribution in [-0.4, -0.2) is 76.4 Å². The first-order chi connectivity index (χ1) is 21.7. The van der Waals surface area contributed by atoms with Gasteiger partial charge in [0.15, 0.2) is 5.78 Å². The number of Topliss-reactive ketones (excluding diaryl/α,β-unsaturated/α-hetero) is 1. The molecule has 0 aliphatic carbocycles. The van der Waals surface area contributed by atoms with Crippen molar-refractivity contribution in [2.24, 2.45) is 5.92 Å². The van der Waals surface area contributed by atoms with Crippen LogP contribution in [-0.2, 0) is 26.9 Å². The van der Waals surface area contributed by atoms with Crippen LogP contribution in [0, 0.1) is 5.92 Å². The van der Waals surface area contributed by atoms with Gasteiger partial charge in [-0.2, -0.15) is 9.78 Å². The Bertz CT molecular complexity index is 1570. The monoisotopic (exact) mass is 647 g/mol. The van der Waals surface area contributed by atoms with Crippen molar-refractivity contribution < 1.29 is 38.6 Å². The highest BCUT2D eigenvalue weighted by atomic mass is 28.4. The number of hydrogen-bond acceptors (Lipinski definition) is 7. The molecule has 0 fully saturated rings. The molecule has 1 aliphatic heterocycles. The molecular formula is C34H41N3O8Si. The third-order valence-corrected chi connectivity index (χ3v) is 13.3. The van der Waals surface area contributed by atoms with Crippen LogP contribution in [0.3, 0.4) is 0 Å². The Labute approximate surface area is 269 Å². The summed E-state index contributed by atoms with van der Waals surface area (Å²) in [5.74, 6) is -3.13. The minimum Gasteiger partial charge on any atom is -0.465 e. The molecule has 2 N–H and O–H groups in total. The number of benzene rings is 2. The van der Waals surface area contributed by atoms with Crippen molar-refractivity contribution >= 4 is 42.6 Å². The van der Waals surface area contributed by atoms with Crippen molar-refractivity contribution in [1.29, 1.82) is 0 Å². The maximum Gasteiger partial charge on any atom is 0.432 e. The minimum atomic E-state index is -2.97. The maximum absolute atomic E-state index is 14.2. The van der Waals surface area contributed by atoms with Gasteiger partial charge in [-0.25, -0.2) is 9.59 Å². The van der Waals surface area contributed by atoms with Gasteiger partial charge in [-0.3, -0.25) is 9.59 Å². The molecule has 0 radical (unpaired) electrons. The molecule has 244 valence electrons. The maximum atomic E-state index is 14.2. The third kappa shape index (κ3) is 6.68. The van der Waals surface area contributed by atoms with Gasteiger partial charge in [-0.1, -0.05) is 93.6 Å². The van der Waals surface area contributed by atoms with Crippen molar-refractivity contribution in [2.45, 2.75) is 65.1 Å². The Hall–Kier alpha value is -4.55. The Morgan fingerprint density at radius 3 is 2.04 bits per heavy atom. The number of aromatic nitrogens is 2. The van der Waals surface area contributed by atoms with Crippen LogP contribution in [0.25, 0.3) is 0 Å². The Kier molecular flexibility index (Phi) is 10.3. The van der Waals surface area contributed by atoms with Crippen LogP contribution in [0.15, 0.2) is 72.8 Å². The zero-order valence-electron chi connectivity index (χ0n) is 26.9. The van der Waals surface area contributed by atoms with E-state index < -0.39 is 44.2 Å². The van der Waals surface area contributed by atoms with E-state index in [1.807, 2.05) is 36.4 Å². The fourth-order valence-electron chi connectivity index (χ4n) is 6.20. The molecule has 1 unspecified atom stereocenters. The molecule has 0 saturated heterocycles. The van der Waals surface area contributed by atoms with Crippen molar-refractivity contribution in [3.05, 3.63) is 89.8 Å². The average Bonchev–Trinajstić information content (AvgIpc) is 3.38. The van der Waals surface area contributed by atoms with Crippen LogP contribution in [0.4, 0.5) is 9.59 Å². The highest BCUT2D eigenvalue weighted by molar-refractivity contribution is 6.99. The van der Waals surface area contributed by atoms with E-state index in [4.69, 9.17) is 9.16 Å². The van der Waals surface area contributed by atoms with Crippen molar-refractivity contribution in [1.82, 2.24) is 14.7 Å². The molecule has 2 atom stereocenters. The fourth-order valence-corrected chi connectivity index (χ4v) is 10.8. The standard InChI is InChI=1S/C34H41N3O8Si/c1-7-44-31(39)26(30(38)29-27-20-36(32(40)41)23(3)19-28(27)35-37(29)33(42)43)18-22(2)21-45-46(34(4,5)6,24-14-10-8-11-15-24)25-16-12-9-13-17-25/h8-17,23,26H,2,7,18-21H2,1,3-6H3,(H,40,41)(H,42,43)/t23-,26?/m1/s1. The van der Waals surface area contributed by atoms with Crippen molar-refractivity contribution in [3.63, 3.8) is 0 Å². The molecular weight excluding hydrogens is 606 g/mol. The van der Waals surface area contributed by atoms with Gasteiger partial charge in [0.25, 0.3) is 8.32 Å². The first kappa shape index (κ1) is 34.3. The summed E-state index contributed by atoms with van der Waals surface area (Å²) in [7, 11) is -2.97. The van der Waals surface area contributed by atoms with E-state index in [0.29, 0.717) is 15.9 Å². The van der Waals surface area contributed by atoms with E-state index in [1.54, 1.807) is 13.8 Å². The second-order valence-electron chi connectivity index (χ2n) is 12.5. The average molecular weight is 648 g/mol. The fraction of sp³-hybridized carbons (Fsp3) is 0.382. The van der Waals surface area contributed by atoms with Gasteiger partial charge in [0.1, 0.15) is 11.6 Å². The number of amides is 1. The number of rotatable bonds is 11. The van der Waals surface area contributed by atoms with E-state index in [9.17, 15) is 29.4 Å². The van der Waals surface area contributed by atoms with E-state index in [2.05, 4.69) is 56.7 Å². The molecule has 0 bridgehead atoms. The van der Waals surface area contributed by atoms with Crippen molar-refractivity contribution in [2.75, 3.05) is 13.2 Å². The predicted octanol–water partition coefficient (Wildman–Crippen LogP) is 4.72. The second-order valence-corrected chi connectivity index (χ2v) is 16.8. The van der Waals surface area contributed by atoms with Crippen LogP contribution >= 0.6 is 0 Å². The number of fused-ring (bicyclic) bond motifs is 1. The van der Waals surface area contributed by atoms with Gasteiger partial charge < -0.3 is 24.3 Å². The number of carbonyl (C=O) groups is 4. The molecule has 46 heavy (non-hydrogen) atoms. The Morgan fingerprint density at radius 2 is 1.57 bits per heavy atom. The molecule has 1 amide bonds. The second kappa shape index (κ2) is 13.8. The number of nitrogens with zero attached hydrogens (tertiary/aromatic N) is 3. The molecule has 1 aliphatic rings. The predicted molar refractivity (Wildman–Crippen MR) is 174 cm³/mol. The molecule has 12 heteroatoms. The Balaban J connectivity index is 1.70.